The summed E-state index contributed by atoms with van der Waals surface area (Å²) in [6.07, 6.45) is 3.03. The predicted molar refractivity (Wildman–Crippen MR) is 188 cm³/mol. The number of phenols is 1. The Kier molecular flexibility index (Phi) is 9.26. The molecule has 8 heteroatoms. The van der Waals surface area contributed by atoms with Gasteiger partial charge in [-0.3, -0.25) is 9.69 Å². The van der Waals surface area contributed by atoms with Crippen LogP contribution in [0.2, 0.25) is 0 Å². The summed E-state index contributed by atoms with van der Waals surface area (Å²) in [7, 11) is 1.68. The van der Waals surface area contributed by atoms with Crippen molar-refractivity contribution >= 4 is 17.7 Å². The number of piperazine rings is 1. The summed E-state index contributed by atoms with van der Waals surface area (Å²) in [6, 6.07) is 25.9. The fourth-order valence-electron chi connectivity index (χ4n) is 7.80. The zero-order valence-electron chi connectivity index (χ0n) is 27.8. The summed E-state index contributed by atoms with van der Waals surface area (Å²) in [4.78, 5) is 18.3. The van der Waals surface area contributed by atoms with E-state index in [1.54, 1.807) is 19.2 Å². The van der Waals surface area contributed by atoms with Gasteiger partial charge in [0, 0.05) is 80.5 Å². The van der Waals surface area contributed by atoms with Crippen LogP contribution < -0.4 is 19.3 Å². The van der Waals surface area contributed by atoms with Gasteiger partial charge in [0.1, 0.15) is 29.4 Å². The Labute approximate surface area is 282 Å². The molecule has 0 aliphatic carbocycles. The first kappa shape index (κ1) is 32.0. The highest BCUT2D eigenvalue weighted by atomic mass is 19.1. The first-order valence-electron chi connectivity index (χ1n) is 17.1. The van der Waals surface area contributed by atoms with Crippen LogP contribution in [-0.2, 0) is 0 Å². The molecule has 3 aliphatic heterocycles. The van der Waals surface area contributed by atoms with E-state index in [1.165, 1.54) is 22.9 Å². The van der Waals surface area contributed by atoms with Gasteiger partial charge in [-0.05, 0) is 84.8 Å². The summed E-state index contributed by atoms with van der Waals surface area (Å²) in [6.45, 7) is 8.96. The number of anilines is 2. The van der Waals surface area contributed by atoms with Crippen molar-refractivity contribution in [3.63, 3.8) is 0 Å². The number of methoxy groups -OCH3 is 1. The first-order chi connectivity index (χ1) is 23.4. The smallest absolute Gasteiger partial charge is 0.150 e. The van der Waals surface area contributed by atoms with Gasteiger partial charge >= 0.3 is 0 Å². The highest BCUT2D eigenvalue weighted by Crippen LogP contribution is 2.47. The van der Waals surface area contributed by atoms with Crippen LogP contribution in [0.1, 0.15) is 57.3 Å². The molecule has 2 unspecified atom stereocenters. The van der Waals surface area contributed by atoms with Crippen LogP contribution in [0.4, 0.5) is 15.8 Å². The number of phenolic OH excluding ortho intramolecular Hbond substituents is 1. The van der Waals surface area contributed by atoms with E-state index in [4.69, 9.17) is 9.47 Å². The molecule has 0 aromatic heterocycles. The summed E-state index contributed by atoms with van der Waals surface area (Å²) in [5.74, 6) is 2.35. The third kappa shape index (κ3) is 6.59. The van der Waals surface area contributed by atoms with Crippen molar-refractivity contribution in [2.24, 2.45) is 5.92 Å². The number of aryl methyl sites for hydroxylation is 1. The molecule has 250 valence electrons. The number of benzene rings is 4. The van der Waals surface area contributed by atoms with E-state index in [2.05, 4.69) is 51.1 Å². The zero-order valence-corrected chi connectivity index (χ0v) is 27.8. The number of halogens is 1. The second kappa shape index (κ2) is 13.9. The van der Waals surface area contributed by atoms with Gasteiger partial charge in [0.15, 0.2) is 0 Å². The van der Waals surface area contributed by atoms with Crippen molar-refractivity contribution in [1.82, 2.24) is 4.90 Å². The molecule has 4 aromatic rings. The van der Waals surface area contributed by atoms with Crippen LogP contribution in [-0.4, -0.2) is 75.8 Å². The summed E-state index contributed by atoms with van der Waals surface area (Å²) in [5, 5.41) is 10.1. The number of carbonyl (C=O) groups is 1. The molecule has 4 aromatic carbocycles. The van der Waals surface area contributed by atoms with E-state index in [9.17, 15) is 14.3 Å². The Morgan fingerprint density at radius 2 is 1.58 bits per heavy atom. The minimum Gasteiger partial charge on any atom is -0.508 e. The third-order valence-electron chi connectivity index (χ3n) is 10.6. The number of hydrogen-bond donors (Lipinski definition) is 1. The van der Waals surface area contributed by atoms with Gasteiger partial charge in [0.05, 0.1) is 19.4 Å². The standard InChI is InChI=1S/C40H44FN3O4/c1-27-21-38(37(41)22-31(27)25-45)44-19-17-42(18-20-44)24-28-13-15-43(16-14-28)32-7-3-30(4-8-32)40-35-12-9-33(46)23-39(35)48-26-36(40)29-5-10-34(47-2)11-6-29/h3-12,21-23,25,28,36,40,46H,13-20,24,26H2,1-2H3. The fourth-order valence-corrected chi connectivity index (χ4v) is 7.80. The first-order valence-corrected chi connectivity index (χ1v) is 17.1. The summed E-state index contributed by atoms with van der Waals surface area (Å²) in [5.41, 5.74) is 6.61. The van der Waals surface area contributed by atoms with E-state index in [-0.39, 0.29) is 23.4 Å². The average molecular weight is 650 g/mol. The van der Waals surface area contributed by atoms with Gasteiger partial charge in [-0.1, -0.05) is 30.3 Å². The molecule has 2 fully saturated rings. The van der Waals surface area contributed by atoms with Crippen LogP contribution >= 0.6 is 0 Å². The minimum absolute atomic E-state index is 0.0965. The SMILES string of the molecule is COc1ccc(C2COc3cc(O)ccc3C2c2ccc(N3CCC(CN4CCN(c5cc(C)c(C=O)cc5F)CC4)CC3)cc2)cc1. The zero-order chi connectivity index (χ0) is 33.2. The number of aromatic hydroxyl groups is 1. The minimum atomic E-state index is -0.313. The lowest BCUT2D eigenvalue weighted by atomic mass is 9.76. The van der Waals surface area contributed by atoms with Crippen LogP contribution in [0.3, 0.4) is 0 Å². The second-order valence-electron chi connectivity index (χ2n) is 13.5. The number of hydrogen-bond acceptors (Lipinski definition) is 7. The summed E-state index contributed by atoms with van der Waals surface area (Å²) < 4.78 is 26.3. The molecule has 7 nitrogen and oxygen atoms in total. The van der Waals surface area contributed by atoms with Crippen LogP contribution in [0, 0.1) is 18.7 Å². The molecular formula is C40H44FN3O4. The normalized spacial score (nSPS) is 20.2. The lowest BCUT2D eigenvalue weighted by Crippen LogP contribution is -2.49. The second-order valence-corrected chi connectivity index (χ2v) is 13.5. The average Bonchev–Trinajstić information content (AvgIpc) is 3.12. The Bertz CT molecular complexity index is 1730. The maximum absolute atomic E-state index is 14.7. The molecule has 0 saturated carbocycles. The summed E-state index contributed by atoms with van der Waals surface area (Å²) >= 11 is 0. The molecule has 48 heavy (non-hydrogen) atoms. The molecule has 0 spiro atoms. The number of ether oxygens (including phenoxy) is 2. The highest BCUT2D eigenvalue weighted by Gasteiger charge is 2.34. The largest absolute Gasteiger partial charge is 0.508 e. The van der Waals surface area contributed by atoms with E-state index < -0.39 is 0 Å². The Hall–Kier alpha value is -4.56. The van der Waals surface area contributed by atoms with E-state index in [0.717, 1.165) is 87.6 Å². The monoisotopic (exact) mass is 649 g/mol. The predicted octanol–water partition coefficient (Wildman–Crippen LogP) is 7.01. The number of rotatable bonds is 8. The van der Waals surface area contributed by atoms with Crippen LogP contribution in [0.25, 0.3) is 0 Å². The lowest BCUT2D eigenvalue weighted by Gasteiger charge is -2.40. The van der Waals surface area contributed by atoms with Crippen molar-refractivity contribution in [2.75, 3.05) is 69.3 Å². The molecule has 3 heterocycles. The van der Waals surface area contributed by atoms with Crippen molar-refractivity contribution in [2.45, 2.75) is 31.6 Å². The van der Waals surface area contributed by atoms with Crippen molar-refractivity contribution in [3.8, 4) is 17.2 Å². The number of aldehydes is 1. The van der Waals surface area contributed by atoms with E-state index in [1.807, 2.05) is 31.2 Å². The van der Waals surface area contributed by atoms with Gasteiger partial charge in [0.2, 0.25) is 0 Å². The van der Waals surface area contributed by atoms with Gasteiger partial charge < -0.3 is 24.4 Å². The molecule has 0 radical (unpaired) electrons. The quantitative estimate of drug-likeness (QED) is 0.206. The van der Waals surface area contributed by atoms with Gasteiger partial charge in [0.25, 0.3) is 0 Å². The fraction of sp³-hybridized carbons (Fsp3) is 0.375. The van der Waals surface area contributed by atoms with Gasteiger partial charge in [-0.25, -0.2) is 4.39 Å². The Balaban J connectivity index is 0.970. The van der Waals surface area contributed by atoms with Crippen molar-refractivity contribution < 1.29 is 23.8 Å². The molecule has 2 saturated heterocycles. The molecule has 0 bridgehead atoms. The molecule has 3 aliphatic rings. The Morgan fingerprint density at radius 1 is 0.875 bits per heavy atom. The van der Waals surface area contributed by atoms with E-state index >= 15 is 0 Å². The molecular weight excluding hydrogens is 605 g/mol. The maximum atomic E-state index is 14.7. The van der Waals surface area contributed by atoms with Crippen LogP contribution in [0.5, 0.6) is 17.2 Å². The highest BCUT2D eigenvalue weighted by molar-refractivity contribution is 5.78. The molecule has 7 rings (SSSR count). The van der Waals surface area contributed by atoms with Crippen molar-refractivity contribution in [3.05, 3.63) is 112 Å². The number of carbonyl (C=O) groups excluding carboxylic acids is 1. The number of piperidine rings is 1. The maximum Gasteiger partial charge on any atom is 0.150 e. The molecule has 0 amide bonds. The van der Waals surface area contributed by atoms with E-state index in [0.29, 0.717) is 23.8 Å². The molecule has 1 N–H and O–H groups in total. The third-order valence-corrected chi connectivity index (χ3v) is 10.6. The number of nitrogens with zero attached hydrogens (tertiary/aromatic N) is 3. The Morgan fingerprint density at radius 3 is 2.27 bits per heavy atom. The van der Waals surface area contributed by atoms with Crippen LogP contribution in [0.15, 0.2) is 78.9 Å². The molecule has 2 atom stereocenters. The topological polar surface area (TPSA) is 65.5 Å². The lowest BCUT2D eigenvalue weighted by molar-refractivity contribution is 0.112. The van der Waals surface area contributed by atoms with Gasteiger partial charge in [-0.15, -0.1) is 0 Å². The van der Waals surface area contributed by atoms with Gasteiger partial charge in [-0.2, -0.15) is 0 Å². The van der Waals surface area contributed by atoms with Crippen molar-refractivity contribution in [1.29, 1.82) is 0 Å². The number of fused-ring (bicyclic) bond motifs is 1.